The molecular formula is C18H21F3O3S. The first-order chi connectivity index (χ1) is 11.9. The Kier molecular flexibility index (Phi) is 6.81. The van der Waals surface area contributed by atoms with E-state index in [1.54, 1.807) is 30.8 Å². The van der Waals surface area contributed by atoms with Crippen molar-refractivity contribution in [1.29, 1.82) is 0 Å². The molecule has 0 fully saturated rings. The van der Waals surface area contributed by atoms with E-state index in [0.29, 0.717) is 5.56 Å². The maximum absolute atomic E-state index is 13.3. The van der Waals surface area contributed by atoms with E-state index in [1.165, 1.54) is 6.08 Å². The highest BCUT2D eigenvalue weighted by Crippen LogP contribution is 2.39. The predicted molar refractivity (Wildman–Crippen MR) is 91.8 cm³/mol. The maximum Gasteiger partial charge on any atom is 0.430 e. The molecule has 25 heavy (non-hydrogen) atoms. The van der Waals surface area contributed by atoms with Crippen molar-refractivity contribution < 1.29 is 27.4 Å². The average Bonchev–Trinajstić information content (AvgIpc) is 2.57. The molecule has 7 heteroatoms. The Labute approximate surface area is 149 Å². The smallest absolute Gasteiger partial charge is 0.430 e. The highest BCUT2D eigenvalue weighted by molar-refractivity contribution is 7.99. The summed E-state index contributed by atoms with van der Waals surface area (Å²) in [7, 11) is 0. The Morgan fingerprint density at radius 1 is 1.28 bits per heavy atom. The van der Waals surface area contributed by atoms with Crippen LogP contribution in [0.1, 0.15) is 38.7 Å². The fourth-order valence-electron chi connectivity index (χ4n) is 2.43. The molecule has 1 atom stereocenters. The second-order valence-electron chi connectivity index (χ2n) is 5.61. The summed E-state index contributed by atoms with van der Waals surface area (Å²) in [4.78, 5) is 12.7. The van der Waals surface area contributed by atoms with Gasteiger partial charge in [0.05, 0.1) is 12.2 Å². The third-order valence-corrected chi connectivity index (χ3v) is 4.73. The average molecular weight is 374 g/mol. The Bertz CT molecular complexity index is 641. The van der Waals surface area contributed by atoms with E-state index in [-0.39, 0.29) is 12.4 Å². The van der Waals surface area contributed by atoms with Crippen molar-refractivity contribution in [3.05, 3.63) is 29.3 Å². The molecule has 3 nitrogen and oxygen atoms in total. The van der Waals surface area contributed by atoms with Gasteiger partial charge in [0, 0.05) is 10.5 Å². The van der Waals surface area contributed by atoms with Gasteiger partial charge in [0.25, 0.3) is 0 Å². The summed E-state index contributed by atoms with van der Waals surface area (Å²) < 4.78 is 49.8. The molecule has 0 aliphatic carbocycles. The molecule has 1 aliphatic heterocycles. The molecule has 1 heterocycles. The summed E-state index contributed by atoms with van der Waals surface area (Å²) in [6.07, 6.45) is -2.50. The van der Waals surface area contributed by atoms with Crippen molar-refractivity contribution >= 4 is 23.8 Å². The zero-order chi connectivity index (χ0) is 18.4. The van der Waals surface area contributed by atoms with Crippen LogP contribution in [-0.2, 0) is 9.53 Å². The van der Waals surface area contributed by atoms with Gasteiger partial charge in [0.1, 0.15) is 5.75 Å². The minimum absolute atomic E-state index is 0.000938. The highest BCUT2D eigenvalue weighted by atomic mass is 32.2. The number of fused-ring (bicyclic) bond motifs is 1. The summed E-state index contributed by atoms with van der Waals surface area (Å²) >= 11 is 1.58. The Hall–Kier alpha value is -1.63. The summed E-state index contributed by atoms with van der Waals surface area (Å²) in [6, 6.07) is 5.10. The summed E-state index contributed by atoms with van der Waals surface area (Å²) in [6.45, 7) is 3.66. The number of hydrogen-bond donors (Lipinski definition) is 0. The van der Waals surface area contributed by atoms with E-state index < -0.39 is 23.8 Å². The molecule has 0 bridgehead atoms. The summed E-state index contributed by atoms with van der Waals surface area (Å²) in [5, 5.41) is 0. The van der Waals surface area contributed by atoms with Crippen molar-refractivity contribution in [3.8, 4) is 5.75 Å². The van der Waals surface area contributed by atoms with Crippen LogP contribution in [0.3, 0.4) is 0 Å². The molecule has 1 unspecified atom stereocenters. The lowest BCUT2D eigenvalue weighted by Gasteiger charge is -2.28. The van der Waals surface area contributed by atoms with E-state index in [2.05, 4.69) is 6.92 Å². The number of halogens is 3. The molecule has 1 aromatic rings. The van der Waals surface area contributed by atoms with Crippen LogP contribution in [0, 0.1) is 0 Å². The largest absolute Gasteiger partial charge is 0.475 e. The van der Waals surface area contributed by atoms with Gasteiger partial charge in [-0.3, -0.25) is 0 Å². The lowest BCUT2D eigenvalue weighted by molar-refractivity contribution is -0.187. The fraction of sp³-hybridized carbons (Fsp3) is 0.500. The van der Waals surface area contributed by atoms with E-state index in [9.17, 15) is 18.0 Å². The van der Waals surface area contributed by atoms with Crippen molar-refractivity contribution in [2.75, 3.05) is 12.4 Å². The third-order valence-electron chi connectivity index (χ3n) is 3.65. The molecule has 0 amide bonds. The van der Waals surface area contributed by atoms with Crippen LogP contribution >= 0.6 is 11.8 Å². The molecule has 0 saturated heterocycles. The molecule has 2 rings (SSSR count). The van der Waals surface area contributed by atoms with Gasteiger partial charge in [-0.1, -0.05) is 25.8 Å². The zero-order valence-electron chi connectivity index (χ0n) is 14.2. The lowest BCUT2D eigenvalue weighted by Crippen LogP contribution is -2.40. The van der Waals surface area contributed by atoms with E-state index in [0.717, 1.165) is 29.9 Å². The monoisotopic (exact) mass is 374 g/mol. The minimum atomic E-state index is -4.69. The third kappa shape index (κ3) is 5.17. The first-order valence-corrected chi connectivity index (χ1v) is 9.24. The van der Waals surface area contributed by atoms with Crippen LogP contribution in [-0.4, -0.2) is 30.6 Å². The molecule has 1 aliphatic rings. The number of esters is 1. The number of rotatable bonds is 7. The van der Waals surface area contributed by atoms with Gasteiger partial charge in [0.2, 0.25) is 6.10 Å². The number of ether oxygens (including phenoxy) is 2. The number of unbranched alkanes of at least 4 members (excludes halogenated alkanes) is 2. The number of alkyl halides is 3. The van der Waals surface area contributed by atoms with Crippen molar-refractivity contribution in [2.24, 2.45) is 0 Å². The van der Waals surface area contributed by atoms with Crippen LogP contribution in [0.2, 0.25) is 0 Å². The topological polar surface area (TPSA) is 35.5 Å². The Morgan fingerprint density at radius 2 is 2.04 bits per heavy atom. The molecule has 0 saturated carbocycles. The SMILES string of the molecule is CCCCCSc1ccc2c(c1)OC(C(F)(F)F)C(C(=O)OCC)=C2. The second kappa shape index (κ2) is 8.65. The number of carbonyl (C=O) groups excluding carboxylic acids is 1. The van der Waals surface area contributed by atoms with E-state index in [1.807, 2.05) is 6.07 Å². The Balaban J connectivity index is 2.24. The first-order valence-electron chi connectivity index (χ1n) is 8.25. The molecule has 0 N–H and O–H groups in total. The predicted octanol–water partition coefficient (Wildman–Crippen LogP) is 5.24. The Morgan fingerprint density at radius 3 is 2.68 bits per heavy atom. The lowest BCUT2D eigenvalue weighted by atomic mass is 10.0. The van der Waals surface area contributed by atoms with Crippen molar-refractivity contribution in [1.82, 2.24) is 0 Å². The van der Waals surface area contributed by atoms with Gasteiger partial charge >= 0.3 is 12.1 Å². The number of carbonyl (C=O) groups is 1. The maximum atomic E-state index is 13.3. The first kappa shape index (κ1) is 19.7. The molecule has 0 radical (unpaired) electrons. The summed E-state index contributed by atoms with van der Waals surface area (Å²) in [5.41, 5.74) is -0.0772. The standard InChI is InChI=1S/C18H21F3O3S/c1-3-5-6-9-25-13-8-7-12-10-14(17(22)23-4-2)16(18(19,20)21)24-15(12)11-13/h7-8,10-11,16H,3-6,9H2,1-2H3. The van der Waals surface area contributed by atoms with Crippen LogP contribution < -0.4 is 4.74 Å². The van der Waals surface area contributed by atoms with Gasteiger partial charge in [0.15, 0.2) is 0 Å². The quantitative estimate of drug-likeness (QED) is 0.371. The van der Waals surface area contributed by atoms with E-state index >= 15 is 0 Å². The van der Waals surface area contributed by atoms with Gasteiger partial charge in [-0.25, -0.2) is 4.79 Å². The number of thioether (sulfide) groups is 1. The molecule has 1 aromatic carbocycles. The number of benzene rings is 1. The van der Waals surface area contributed by atoms with E-state index in [4.69, 9.17) is 9.47 Å². The second-order valence-corrected chi connectivity index (χ2v) is 6.78. The van der Waals surface area contributed by atoms with Gasteiger partial charge in [-0.15, -0.1) is 11.8 Å². The van der Waals surface area contributed by atoms with Gasteiger partial charge in [-0.05, 0) is 37.3 Å². The molecule has 0 aromatic heterocycles. The fourth-order valence-corrected chi connectivity index (χ4v) is 3.36. The van der Waals surface area contributed by atoms with Crippen LogP contribution in [0.4, 0.5) is 13.2 Å². The van der Waals surface area contributed by atoms with Gasteiger partial charge in [-0.2, -0.15) is 13.2 Å². The molecule has 0 spiro atoms. The number of hydrogen-bond acceptors (Lipinski definition) is 4. The van der Waals surface area contributed by atoms with Crippen LogP contribution in [0.15, 0.2) is 28.7 Å². The minimum Gasteiger partial charge on any atom is -0.475 e. The zero-order valence-corrected chi connectivity index (χ0v) is 15.0. The van der Waals surface area contributed by atoms with Crippen molar-refractivity contribution in [2.45, 2.75) is 50.3 Å². The normalized spacial score (nSPS) is 16.7. The summed E-state index contributed by atoms with van der Waals surface area (Å²) in [5.74, 6) is 0.0311. The van der Waals surface area contributed by atoms with Crippen LogP contribution in [0.5, 0.6) is 5.75 Å². The highest BCUT2D eigenvalue weighted by Gasteiger charge is 2.48. The van der Waals surface area contributed by atoms with Crippen LogP contribution in [0.25, 0.3) is 6.08 Å². The van der Waals surface area contributed by atoms with Crippen molar-refractivity contribution in [3.63, 3.8) is 0 Å². The molecular weight excluding hydrogens is 353 g/mol. The molecule has 138 valence electrons. The van der Waals surface area contributed by atoms with Gasteiger partial charge < -0.3 is 9.47 Å².